The van der Waals surface area contributed by atoms with Crippen LogP contribution in [0.25, 0.3) is 21.9 Å². The quantitative estimate of drug-likeness (QED) is 0.197. The summed E-state index contributed by atoms with van der Waals surface area (Å²) in [7, 11) is 0. The molecule has 0 N–H and O–H groups in total. The van der Waals surface area contributed by atoms with E-state index in [4.69, 9.17) is 4.74 Å². The normalized spacial score (nSPS) is 15.2. The van der Waals surface area contributed by atoms with Gasteiger partial charge in [0.25, 0.3) is 0 Å². The number of halogens is 2. The Bertz CT molecular complexity index is 1610. The van der Waals surface area contributed by atoms with Crippen LogP contribution >= 0.6 is 31.9 Å². The third-order valence-electron chi connectivity index (χ3n) is 8.11. The van der Waals surface area contributed by atoms with Crippen molar-refractivity contribution in [3.8, 4) is 16.9 Å². The molecule has 2 nitrogen and oxygen atoms in total. The average molecular weight is 627 g/mol. The van der Waals surface area contributed by atoms with Crippen LogP contribution in [0.1, 0.15) is 33.3 Å². The van der Waals surface area contributed by atoms with Gasteiger partial charge in [0, 0.05) is 36.9 Å². The lowest BCUT2D eigenvalue weighted by molar-refractivity contribution is 0.0712. The molecule has 190 valence electrons. The second-order valence-corrected chi connectivity index (χ2v) is 12.8. The molecule has 0 saturated carbocycles. The number of rotatable bonds is 4. The third kappa shape index (κ3) is 4.24. The first kappa shape index (κ1) is 25.2. The molecule has 1 aliphatic rings. The Labute approximate surface area is 241 Å². The highest BCUT2D eigenvalue weighted by Crippen LogP contribution is 2.51. The molecule has 0 bridgehead atoms. The molecule has 0 fully saturated rings. The summed E-state index contributed by atoms with van der Waals surface area (Å²) < 4.78 is 8.50. The van der Waals surface area contributed by atoms with Crippen LogP contribution in [0, 0.1) is 0 Å². The van der Waals surface area contributed by atoms with Gasteiger partial charge in [-0.25, -0.2) is 0 Å². The first-order valence-electron chi connectivity index (χ1n) is 12.8. The third-order valence-corrected chi connectivity index (χ3v) is 9.17. The van der Waals surface area contributed by atoms with E-state index in [1.165, 1.54) is 27.5 Å². The van der Waals surface area contributed by atoms with Gasteiger partial charge in [-0.3, -0.25) is 0 Å². The summed E-state index contributed by atoms with van der Waals surface area (Å²) in [5.41, 5.74) is 6.53. The highest BCUT2D eigenvalue weighted by molar-refractivity contribution is 9.10. The molecule has 0 saturated heterocycles. The molecule has 4 heteroatoms. The van der Waals surface area contributed by atoms with Gasteiger partial charge < -0.3 is 9.64 Å². The van der Waals surface area contributed by atoms with Crippen molar-refractivity contribution in [2.75, 3.05) is 4.90 Å². The van der Waals surface area contributed by atoms with Crippen molar-refractivity contribution in [3.05, 3.63) is 118 Å². The Morgan fingerprint density at radius 1 is 0.632 bits per heavy atom. The molecule has 0 atom stereocenters. The lowest BCUT2D eigenvalue weighted by Gasteiger charge is -2.33. The van der Waals surface area contributed by atoms with Gasteiger partial charge in [0.1, 0.15) is 11.4 Å². The summed E-state index contributed by atoms with van der Waals surface area (Å²) in [5, 5.41) is 2.42. The zero-order valence-corrected chi connectivity index (χ0v) is 25.1. The van der Waals surface area contributed by atoms with Crippen LogP contribution in [0.3, 0.4) is 0 Å². The van der Waals surface area contributed by atoms with Crippen LogP contribution in [0.5, 0.6) is 5.75 Å². The van der Waals surface area contributed by atoms with Gasteiger partial charge in [0.05, 0.1) is 5.69 Å². The number of hydrogen-bond donors (Lipinski definition) is 0. The molecule has 0 radical (unpaired) electrons. The second-order valence-electron chi connectivity index (χ2n) is 11.0. The minimum atomic E-state index is -0.277. The molecule has 6 rings (SSSR count). The van der Waals surface area contributed by atoms with Crippen molar-refractivity contribution in [2.45, 2.75) is 38.7 Å². The fourth-order valence-electron chi connectivity index (χ4n) is 5.25. The maximum absolute atomic E-state index is 6.39. The summed E-state index contributed by atoms with van der Waals surface area (Å²) >= 11 is 7.22. The molecule has 0 aliphatic carbocycles. The van der Waals surface area contributed by atoms with E-state index in [0.29, 0.717) is 0 Å². The molecule has 1 aliphatic heterocycles. The molecule has 5 aromatic rings. The van der Waals surface area contributed by atoms with E-state index < -0.39 is 0 Å². The molecule has 5 aromatic carbocycles. The molecule has 0 unspecified atom stereocenters. The first-order valence-corrected chi connectivity index (χ1v) is 14.4. The molecule has 0 amide bonds. The van der Waals surface area contributed by atoms with Gasteiger partial charge in [0.2, 0.25) is 0 Å². The van der Waals surface area contributed by atoms with Crippen LogP contribution in [0.15, 0.2) is 112 Å². The number of benzene rings is 5. The van der Waals surface area contributed by atoms with Crippen molar-refractivity contribution in [1.29, 1.82) is 0 Å². The van der Waals surface area contributed by atoms with Gasteiger partial charge in [-0.1, -0.05) is 76.0 Å². The average Bonchev–Trinajstić information content (AvgIpc) is 3.08. The lowest BCUT2D eigenvalue weighted by atomic mass is 9.73. The SMILES string of the molecule is CC1(C)Oc2ccc(-c3cc4ccccc4cc3N(c3ccc(Br)cc3)c3ccc(Br)cc3)cc2C1(C)C. The number of ether oxygens (including phenoxy) is 1. The smallest absolute Gasteiger partial charge is 0.124 e. The lowest BCUT2D eigenvalue weighted by Crippen LogP contribution is -2.41. The van der Waals surface area contributed by atoms with Crippen molar-refractivity contribution < 1.29 is 4.74 Å². The molecule has 0 aromatic heterocycles. The summed E-state index contributed by atoms with van der Waals surface area (Å²) in [4.78, 5) is 2.35. The van der Waals surface area contributed by atoms with Gasteiger partial charge in [-0.15, -0.1) is 0 Å². The Hall–Kier alpha value is -3.08. The van der Waals surface area contributed by atoms with Gasteiger partial charge in [-0.2, -0.15) is 0 Å². The van der Waals surface area contributed by atoms with Crippen LogP contribution < -0.4 is 9.64 Å². The summed E-state index contributed by atoms with van der Waals surface area (Å²) in [6.45, 7) is 8.91. The fourth-order valence-corrected chi connectivity index (χ4v) is 5.78. The van der Waals surface area contributed by atoms with Gasteiger partial charge >= 0.3 is 0 Å². The zero-order valence-electron chi connectivity index (χ0n) is 21.9. The zero-order chi connectivity index (χ0) is 26.7. The van der Waals surface area contributed by atoms with E-state index in [2.05, 4.69) is 168 Å². The maximum atomic E-state index is 6.39. The maximum Gasteiger partial charge on any atom is 0.124 e. The minimum Gasteiger partial charge on any atom is -0.487 e. The van der Waals surface area contributed by atoms with E-state index >= 15 is 0 Å². The Morgan fingerprint density at radius 2 is 1.18 bits per heavy atom. The molecular weight excluding hydrogens is 598 g/mol. The number of fused-ring (bicyclic) bond motifs is 2. The minimum absolute atomic E-state index is 0.119. The van der Waals surface area contributed by atoms with E-state index in [1.807, 2.05) is 0 Å². The van der Waals surface area contributed by atoms with Gasteiger partial charge in [0.15, 0.2) is 0 Å². The van der Waals surface area contributed by atoms with Crippen molar-refractivity contribution >= 4 is 59.7 Å². The monoisotopic (exact) mass is 625 g/mol. The Kier molecular flexibility index (Phi) is 6.16. The number of anilines is 3. The van der Waals surface area contributed by atoms with Crippen molar-refractivity contribution in [3.63, 3.8) is 0 Å². The van der Waals surface area contributed by atoms with Crippen LogP contribution in [-0.4, -0.2) is 5.60 Å². The highest BCUT2D eigenvalue weighted by Gasteiger charge is 2.48. The second kappa shape index (κ2) is 9.29. The van der Waals surface area contributed by atoms with Crippen molar-refractivity contribution in [2.24, 2.45) is 0 Å². The molecule has 38 heavy (non-hydrogen) atoms. The van der Waals surface area contributed by atoms with E-state index in [-0.39, 0.29) is 11.0 Å². The van der Waals surface area contributed by atoms with Crippen LogP contribution in [0.4, 0.5) is 17.1 Å². The molecule has 0 spiro atoms. The van der Waals surface area contributed by atoms with E-state index in [9.17, 15) is 0 Å². The van der Waals surface area contributed by atoms with Crippen LogP contribution in [-0.2, 0) is 5.41 Å². The highest BCUT2D eigenvalue weighted by atomic mass is 79.9. The number of nitrogens with zero attached hydrogens (tertiary/aromatic N) is 1. The Morgan fingerprint density at radius 3 is 1.76 bits per heavy atom. The van der Waals surface area contributed by atoms with Gasteiger partial charge in [-0.05, 0) is 103 Å². The molecule has 1 heterocycles. The van der Waals surface area contributed by atoms with Crippen molar-refractivity contribution in [1.82, 2.24) is 0 Å². The number of hydrogen-bond acceptors (Lipinski definition) is 2. The predicted octanol–water partition coefficient (Wildman–Crippen LogP) is 11.0. The predicted molar refractivity (Wildman–Crippen MR) is 167 cm³/mol. The largest absolute Gasteiger partial charge is 0.487 e. The fraction of sp³-hybridized carbons (Fsp3) is 0.176. The standard InChI is InChI=1S/C34H29Br2NO/c1-33(2)30-20-24(9-18-32(30)38-34(33,3)4)29-19-22-7-5-6-8-23(22)21-31(29)37(27-14-10-25(35)11-15-27)28-16-12-26(36)13-17-28/h5-21H,1-4H3. The summed E-state index contributed by atoms with van der Waals surface area (Å²) in [6.07, 6.45) is 0. The molecular formula is C34H29Br2NO. The topological polar surface area (TPSA) is 12.5 Å². The van der Waals surface area contributed by atoms with E-state index in [1.54, 1.807) is 0 Å². The summed E-state index contributed by atoms with van der Waals surface area (Å²) in [6, 6.07) is 36.9. The van der Waals surface area contributed by atoms with E-state index in [0.717, 1.165) is 31.8 Å². The summed E-state index contributed by atoms with van der Waals surface area (Å²) in [5.74, 6) is 0.976. The van der Waals surface area contributed by atoms with Crippen LogP contribution in [0.2, 0.25) is 0 Å². The first-order chi connectivity index (χ1) is 18.1. The Balaban J connectivity index is 1.63.